The third-order valence-corrected chi connectivity index (χ3v) is 4.82. The van der Waals surface area contributed by atoms with Crippen molar-refractivity contribution in [3.63, 3.8) is 0 Å². The van der Waals surface area contributed by atoms with Crippen LogP contribution in [-0.4, -0.2) is 17.3 Å². The van der Waals surface area contributed by atoms with E-state index in [1.165, 1.54) is 12.8 Å². The summed E-state index contributed by atoms with van der Waals surface area (Å²) in [4.78, 5) is 0. The quantitative estimate of drug-likeness (QED) is 0.573. The van der Waals surface area contributed by atoms with E-state index in [2.05, 4.69) is 34.8 Å². The molecule has 0 saturated heterocycles. The fourth-order valence-electron chi connectivity index (χ4n) is 2.56. The fourth-order valence-corrected chi connectivity index (χ4v) is 3.23. The molecule has 4 heteroatoms. The summed E-state index contributed by atoms with van der Waals surface area (Å²) in [5.41, 5.74) is 7.47. The summed E-state index contributed by atoms with van der Waals surface area (Å²) < 4.78 is 1.11. The molecule has 18 heavy (non-hydrogen) atoms. The van der Waals surface area contributed by atoms with Crippen LogP contribution in [0, 0.1) is 9.49 Å². The number of nitrogens with one attached hydrogen (secondary N) is 1. The largest absolute Gasteiger partial charge is 0.399 e. The zero-order valence-electron chi connectivity index (χ0n) is 10.7. The topological polar surface area (TPSA) is 58.3 Å². The molecule has 0 aliphatic heterocycles. The number of aliphatic hydroxyl groups is 1. The number of hydrogen-bond acceptors (Lipinski definition) is 3. The number of rotatable bonds is 3. The summed E-state index contributed by atoms with van der Waals surface area (Å²) in [6, 6.07) is 5.87. The lowest BCUT2D eigenvalue weighted by Gasteiger charge is -2.39. The molecule has 1 aromatic rings. The van der Waals surface area contributed by atoms with E-state index in [0.717, 1.165) is 33.7 Å². The molecule has 1 saturated carbocycles. The second-order valence-electron chi connectivity index (χ2n) is 5.49. The van der Waals surface area contributed by atoms with Gasteiger partial charge in [0.05, 0.1) is 12.1 Å². The predicted molar refractivity (Wildman–Crippen MR) is 84.6 cm³/mol. The standard InChI is InChI=1S/C14H21IN2O/c1-10-4-6-14(9-18,7-5-10)17-13-3-2-11(16)8-12(13)15/h2-3,8,10,17-18H,4-7,9,16H2,1H3. The molecule has 1 aliphatic rings. The van der Waals surface area contributed by atoms with Crippen LogP contribution in [0.3, 0.4) is 0 Å². The van der Waals surface area contributed by atoms with Crippen molar-refractivity contribution < 1.29 is 5.11 Å². The number of anilines is 2. The molecular formula is C14H21IN2O. The Balaban J connectivity index is 2.15. The van der Waals surface area contributed by atoms with E-state index in [9.17, 15) is 5.11 Å². The van der Waals surface area contributed by atoms with Crippen molar-refractivity contribution >= 4 is 34.0 Å². The molecule has 0 unspecified atom stereocenters. The molecular weight excluding hydrogens is 339 g/mol. The van der Waals surface area contributed by atoms with Crippen molar-refractivity contribution in [1.29, 1.82) is 0 Å². The van der Waals surface area contributed by atoms with E-state index in [-0.39, 0.29) is 12.1 Å². The number of hydrogen-bond donors (Lipinski definition) is 3. The first-order valence-corrected chi connectivity index (χ1v) is 7.57. The van der Waals surface area contributed by atoms with Crippen molar-refractivity contribution in [2.75, 3.05) is 17.7 Å². The van der Waals surface area contributed by atoms with E-state index >= 15 is 0 Å². The van der Waals surface area contributed by atoms with Crippen molar-refractivity contribution in [2.24, 2.45) is 5.92 Å². The zero-order valence-corrected chi connectivity index (χ0v) is 12.9. The number of benzene rings is 1. The van der Waals surface area contributed by atoms with Gasteiger partial charge < -0.3 is 16.2 Å². The highest BCUT2D eigenvalue weighted by atomic mass is 127. The maximum absolute atomic E-state index is 9.74. The van der Waals surface area contributed by atoms with Crippen LogP contribution in [0.1, 0.15) is 32.6 Å². The SMILES string of the molecule is CC1CCC(CO)(Nc2ccc(N)cc2I)CC1. The van der Waals surface area contributed by atoms with Crippen LogP contribution in [0.2, 0.25) is 0 Å². The minimum Gasteiger partial charge on any atom is -0.399 e. The van der Waals surface area contributed by atoms with E-state index in [4.69, 9.17) is 5.73 Å². The number of halogens is 1. The van der Waals surface area contributed by atoms with Gasteiger partial charge in [-0.05, 0) is 72.4 Å². The molecule has 1 fully saturated rings. The Morgan fingerprint density at radius 2 is 2.11 bits per heavy atom. The fraction of sp³-hybridized carbons (Fsp3) is 0.571. The van der Waals surface area contributed by atoms with E-state index in [1.54, 1.807) is 0 Å². The van der Waals surface area contributed by atoms with Gasteiger partial charge in [0.25, 0.3) is 0 Å². The molecule has 0 atom stereocenters. The van der Waals surface area contributed by atoms with Gasteiger partial charge in [0.1, 0.15) is 0 Å². The first kappa shape index (κ1) is 13.9. The molecule has 0 radical (unpaired) electrons. The van der Waals surface area contributed by atoms with Crippen LogP contribution < -0.4 is 11.1 Å². The summed E-state index contributed by atoms with van der Waals surface area (Å²) in [5.74, 6) is 0.775. The highest BCUT2D eigenvalue weighted by Crippen LogP contribution is 2.35. The Labute approximate surface area is 122 Å². The van der Waals surface area contributed by atoms with E-state index in [1.807, 2.05) is 18.2 Å². The van der Waals surface area contributed by atoms with Gasteiger partial charge in [-0.1, -0.05) is 6.92 Å². The summed E-state index contributed by atoms with van der Waals surface area (Å²) in [5, 5.41) is 13.3. The molecule has 4 N–H and O–H groups in total. The monoisotopic (exact) mass is 360 g/mol. The van der Waals surface area contributed by atoms with Gasteiger partial charge in [-0.25, -0.2) is 0 Å². The van der Waals surface area contributed by atoms with Crippen molar-refractivity contribution in [3.05, 3.63) is 21.8 Å². The third kappa shape index (κ3) is 3.09. The Morgan fingerprint density at radius 1 is 1.44 bits per heavy atom. The molecule has 1 aliphatic carbocycles. The van der Waals surface area contributed by atoms with Crippen LogP contribution in [0.25, 0.3) is 0 Å². The second-order valence-corrected chi connectivity index (χ2v) is 6.65. The Morgan fingerprint density at radius 3 is 2.67 bits per heavy atom. The van der Waals surface area contributed by atoms with Gasteiger partial charge in [-0.3, -0.25) is 0 Å². The average Bonchev–Trinajstić information content (AvgIpc) is 2.36. The van der Waals surface area contributed by atoms with Gasteiger partial charge in [-0.15, -0.1) is 0 Å². The van der Waals surface area contributed by atoms with Gasteiger partial charge >= 0.3 is 0 Å². The van der Waals surface area contributed by atoms with Crippen molar-refractivity contribution in [3.8, 4) is 0 Å². The van der Waals surface area contributed by atoms with Crippen LogP contribution in [0.15, 0.2) is 18.2 Å². The second kappa shape index (κ2) is 5.65. The molecule has 0 heterocycles. The lowest BCUT2D eigenvalue weighted by atomic mass is 9.77. The summed E-state index contributed by atoms with van der Waals surface area (Å²) in [6.07, 6.45) is 4.43. The lowest BCUT2D eigenvalue weighted by molar-refractivity contribution is 0.155. The molecule has 0 bridgehead atoms. The molecule has 100 valence electrons. The molecule has 1 aromatic carbocycles. The minimum atomic E-state index is -0.150. The van der Waals surface area contributed by atoms with Gasteiger partial charge in [-0.2, -0.15) is 0 Å². The highest BCUT2D eigenvalue weighted by Gasteiger charge is 2.33. The third-order valence-electron chi connectivity index (χ3n) is 3.93. The zero-order chi connectivity index (χ0) is 13.2. The molecule has 0 amide bonds. The van der Waals surface area contributed by atoms with Gasteiger partial charge in [0.15, 0.2) is 0 Å². The molecule has 0 aromatic heterocycles. The first-order chi connectivity index (χ1) is 8.54. The lowest BCUT2D eigenvalue weighted by Crippen LogP contribution is -2.45. The molecule has 3 nitrogen and oxygen atoms in total. The molecule has 2 rings (SSSR count). The van der Waals surface area contributed by atoms with Crippen LogP contribution in [0.4, 0.5) is 11.4 Å². The molecule has 0 spiro atoms. The average molecular weight is 360 g/mol. The maximum atomic E-state index is 9.74. The smallest absolute Gasteiger partial charge is 0.0661 e. The summed E-state index contributed by atoms with van der Waals surface area (Å²) in [7, 11) is 0. The van der Waals surface area contributed by atoms with Crippen LogP contribution in [0.5, 0.6) is 0 Å². The highest BCUT2D eigenvalue weighted by molar-refractivity contribution is 14.1. The Hall–Kier alpha value is -0.490. The maximum Gasteiger partial charge on any atom is 0.0661 e. The Kier molecular flexibility index (Phi) is 4.37. The van der Waals surface area contributed by atoms with Crippen molar-refractivity contribution in [1.82, 2.24) is 0 Å². The number of nitrogens with two attached hydrogens (primary N) is 1. The van der Waals surface area contributed by atoms with E-state index < -0.39 is 0 Å². The predicted octanol–water partition coefficient (Wildman–Crippen LogP) is 3.23. The van der Waals surface area contributed by atoms with Gasteiger partial charge in [0.2, 0.25) is 0 Å². The van der Waals surface area contributed by atoms with E-state index in [0.29, 0.717) is 0 Å². The summed E-state index contributed by atoms with van der Waals surface area (Å²) >= 11 is 2.29. The minimum absolute atomic E-state index is 0.150. The summed E-state index contributed by atoms with van der Waals surface area (Å²) in [6.45, 7) is 2.48. The van der Waals surface area contributed by atoms with Crippen molar-refractivity contribution in [2.45, 2.75) is 38.1 Å². The number of aliphatic hydroxyl groups excluding tert-OH is 1. The first-order valence-electron chi connectivity index (χ1n) is 6.49. The Bertz CT molecular complexity index is 414. The number of nitrogen functional groups attached to an aromatic ring is 1. The van der Waals surface area contributed by atoms with Crippen LogP contribution >= 0.6 is 22.6 Å². The van der Waals surface area contributed by atoms with Gasteiger partial charge in [0, 0.05) is 14.9 Å². The normalized spacial score (nSPS) is 28.1. The van der Waals surface area contributed by atoms with Crippen LogP contribution in [-0.2, 0) is 0 Å².